The van der Waals surface area contributed by atoms with E-state index < -0.39 is 0 Å². The molecule has 1 fully saturated rings. The molecule has 0 spiro atoms. The highest BCUT2D eigenvalue weighted by Gasteiger charge is 2.24. The van der Waals surface area contributed by atoms with Gasteiger partial charge in [0.1, 0.15) is 5.75 Å². The van der Waals surface area contributed by atoms with Crippen molar-refractivity contribution in [1.29, 1.82) is 0 Å². The number of rotatable bonds is 6. The van der Waals surface area contributed by atoms with Gasteiger partial charge in [-0.3, -0.25) is 9.69 Å². The van der Waals surface area contributed by atoms with Gasteiger partial charge in [-0.25, -0.2) is 9.50 Å². The van der Waals surface area contributed by atoms with Crippen LogP contribution < -0.4 is 10.1 Å². The second-order valence-corrected chi connectivity index (χ2v) is 7.46. The first-order valence-corrected chi connectivity index (χ1v) is 10.1. The summed E-state index contributed by atoms with van der Waals surface area (Å²) in [6.45, 7) is 7.32. The fourth-order valence-electron chi connectivity index (χ4n) is 3.84. The van der Waals surface area contributed by atoms with Crippen LogP contribution >= 0.6 is 0 Å². The molecule has 3 heterocycles. The number of benzene rings is 1. The molecule has 0 bridgehead atoms. The molecular weight excluding hydrogens is 382 g/mol. The Hall–Kier alpha value is -2.97. The highest BCUT2D eigenvalue weighted by molar-refractivity contribution is 5.95. The van der Waals surface area contributed by atoms with Gasteiger partial charge in [-0.1, -0.05) is 12.1 Å². The number of hydrogen-bond acceptors (Lipinski definition) is 6. The van der Waals surface area contributed by atoms with E-state index in [1.807, 2.05) is 32.0 Å². The van der Waals surface area contributed by atoms with Crippen molar-refractivity contribution in [2.45, 2.75) is 19.9 Å². The minimum absolute atomic E-state index is 0.0488. The van der Waals surface area contributed by atoms with Crippen LogP contribution in [0, 0.1) is 13.8 Å². The zero-order valence-electron chi connectivity index (χ0n) is 17.6. The van der Waals surface area contributed by atoms with Crippen molar-refractivity contribution in [2.24, 2.45) is 0 Å². The van der Waals surface area contributed by atoms with Crippen LogP contribution in [0.5, 0.6) is 5.75 Å². The number of morpholine rings is 1. The Bertz CT molecular complexity index is 1030. The first-order valence-electron chi connectivity index (χ1n) is 10.1. The molecule has 0 aliphatic carbocycles. The number of nitrogens with zero attached hydrogens (tertiary/aromatic N) is 4. The molecule has 1 unspecified atom stereocenters. The van der Waals surface area contributed by atoms with Crippen molar-refractivity contribution in [1.82, 2.24) is 24.8 Å². The summed E-state index contributed by atoms with van der Waals surface area (Å²) >= 11 is 0. The van der Waals surface area contributed by atoms with Crippen molar-refractivity contribution < 1.29 is 14.3 Å². The van der Waals surface area contributed by atoms with E-state index in [0.717, 1.165) is 41.4 Å². The highest BCUT2D eigenvalue weighted by atomic mass is 16.5. The Balaban J connectivity index is 1.54. The highest BCUT2D eigenvalue weighted by Crippen LogP contribution is 2.24. The molecule has 0 radical (unpaired) electrons. The molecule has 8 heteroatoms. The van der Waals surface area contributed by atoms with Crippen LogP contribution in [-0.4, -0.2) is 65.4 Å². The number of fused-ring (bicyclic) bond motifs is 1. The van der Waals surface area contributed by atoms with Gasteiger partial charge in [0.15, 0.2) is 5.65 Å². The Kier molecular flexibility index (Phi) is 5.96. The number of aromatic nitrogens is 3. The molecule has 1 saturated heterocycles. The van der Waals surface area contributed by atoms with Crippen LogP contribution in [0.3, 0.4) is 0 Å². The summed E-state index contributed by atoms with van der Waals surface area (Å²) < 4.78 is 12.5. The molecule has 30 heavy (non-hydrogen) atoms. The number of hydrogen-bond donors (Lipinski definition) is 1. The Labute approximate surface area is 175 Å². The normalized spacial score (nSPS) is 15.8. The summed E-state index contributed by atoms with van der Waals surface area (Å²) in [7, 11) is 1.66. The van der Waals surface area contributed by atoms with E-state index in [1.54, 1.807) is 17.8 Å². The van der Waals surface area contributed by atoms with Crippen molar-refractivity contribution in [3.63, 3.8) is 0 Å². The molecule has 3 aromatic rings. The van der Waals surface area contributed by atoms with E-state index in [4.69, 9.17) is 9.47 Å². The van der Waals surface area contributed by atoms with Crippen molar-refractivity contribution in [3.05, 3.63) is 59.0 Å². The van der Waals surface area contributed by atoms with Crippen molar-refractivity contribution >= 4 is 11.6 Å². The zero-order valence-corrected chi connectivity index (χ0v) is 17.6. The zero-order chi connectivity index (χ0) is 21.1. The summed E-state index contributed by atoms with van der Waals surface area (Å²) in [5.41, 5.74) is 4.05. The largest absolute Gasteiger partial charge is 0.497 e. The molecule has 2 aromatic heterocycles. The van der Waals surface area contributed by atoms with Gasteiger partial charge in [0, 0.05) is 31.9 Å². The lowest BCUT2D eigenvalue weighted by molar-refractivity contribution is 0.0162. The number of carbonyl (C=O) groups is 1. The average Bonchev–Trinajstić information content (AvgIpc) is 3.16. The maximum Gasteiger partial charge on any atom is 0.254 e. The molecule has 8 nitrogen and oxygen atoms in total. The lowest BCUT2D eigenvalue weighted by Gasteiger charge is -2.35. The van der Waals surface area contributed by atoms with Gasteiger partial charge < -0.3 is 14.8 Å². The van der Waals surface area contributed by atoms with E-state index in [-0.39, 0.29) is 11.9 Å². The van der Waals surface area contributed by atoms with Gasteiger partial charge in [-0.15, -0.1) is 0 Å². The third kappa shape index (κ3) is 4.15. The fraction of sp³-hybridized carbons (Fsp3) is 0.409. The third-order valence-electron chi connectivity index (χ3n) is 5.53. The lowest BCUT2D eigenvalue weighted by Crippen LogP contribution is -2.44. The van der Waals surface area contributed by atoms with Crippen LogP contribution in [0.15, 0.2) is 36.5 Å². The molecule has 1 atom stereocenters. The van der Waals surface area contributed by atoms with Gasteiger partial charge in [-0.2, -0.15) is 5.10 Å². The Morgan fingerprint density at radius 1 is 1.23 bits per heavy atom. The molecule has 0 saturated carbocycles. The SMILES string of the molecule is COc1ccc(C(CNC(=O)c2cnc3cc(C)nn3c2C)N2CCOCC2)cc1. The third-order valence-corrected chi connectivity index (χ3v) is 5.53. The van der Waals surface area contributed by atoms with Crippen LogP contribution in [0.4, 0.5) is 0 Å². The summed E-state index contributed by atoms with van der Waals surface area (Å²) in [6, 6.07) is 9.95. The van der Waals surface area contributed by atoms with Crippen LogP contribution in [-0.2, 0) is 4.74 Å². The maximum atomic E-state index is 13.0. The molecule has 4 rings (SSSR count). The first kappa shape index (κ1) is 20.3. The van der Waals surface area contributed by atoms with E-state index in [2.05, 4.69) is 32.4 Å². The minimum Gasteiger partial charge on any atom is -0.497 e. The second kappa shape index (κ2) is 8.81. The molecule has 1 N–H and O–H groups in total. The first-order chi connectivity index (χ1) is 14.6. The van der Waals surface area contributed by atoms with Crippen LogP contribution in [0.25, 0.3) is 5.65 Å². The maximum absolute atomic E-state index is 13.0. The average molecular weight is 409 g/mol. The van der Waals surface area contributed by atoms with Gasteiger partial charge in [-0.05, 0) is 31.5 Å². The number of nitrogens with one attached hydrogen (secondary N) is 1. The van der Waals surface area contributed by atoms with Gasteiger partial charge >= 0.3 is 0 Å². The molecule has 1 aliphatic heterocycles. The standard InChI is InChI=1S/C22H27N5O3/c1-15-12-21-23-13-19(16(2)27(21)25-15)22(28)24-14-20(26-8-10-30-11-9-26)17-4-6-18(29-3)7-5-17/h4-7,12-13,20H,8-11,14H2,1-3H3,(H,24,28). The molecule has 158 valence electrons. The number of ether oxygens (including phenoxy) is 2. The predicted octanol–water partition coefficient (Wildman–Crippen LogP) is 2.16. The number of aryl methyl sites for hydroxylation is 2. The number of amides is 1. The van der Waals surface area contributed by atoms with Gasteiger partial charge in [0.25, 0.3) is 5.91 Å². The van der Waals surface area contributed by atoms with Crippen molar-refractivity contribution in [2.75, 3.05) is 40.0 Å². The van der Waals surface area contributed by atoms with Crippen LogP contribution in [0.1, 0.15) is 33.4 Å². The Morgan fingerprint density at radius 2 is 1.97 bits per heavy atom. The molecular formula is C22H27N5O3. The van der Waals surface area contributed by atoms with E-state index in [1.165, 1.54) is 0 Å². The van der Waals surface area contributed by atoms with Gasteiger partial charge in [0.2, 0.25) is 0 Å². The van der Waals surface area contributed by atoms with E-state index in [9.17, 15) is 4.79 Å². The summed E-state index contributed by atoms with van der Waals surface area (Å²) in [6.07, 6.45) is 1.62. The number of carbonyl (C=O) groups excluding carboxylic acids is 1. The smallest absolute Gasteiger partial charge is 0.254 e. The summed E-state index contributed by atoms with van der Waals surface area (Å²) in [5, 5.41) is 7.53. The second-order valence-electron chi connectivity index (χ2n) is 7.46. The van der Waals surface area contributed by atoms with E-state index >= 15 is 0 Å². The predicted molar refractivity (Wildman–Crippen MR) is 113 cm³/mol. The summed E-state index contributed by atoms with van der Waals surface area (Å²) in [5.74, 6) is 0.662. The topological polar surface area (TPSA) is 81.0 Å². The quantitative estimate of drug-likeness (QED) is 0.672. The number of methoxy groups -OCH3 is 1. The van der Waals surface area contributed by atoms with Gasteiger partial charge in [0.05, 0.1) is 43.3 Å². The Morgan fingerprint density at radius 3 is 2.67 bits per heavy atom. The minimum atomic E-state index is -0.151. The van der Waals surface area contributed by atoms with E-state index in [0.29, 0.717) is 25.3 Å². The van der Waals surface area contributed by atoms with Crippen LogP contribution in [0.2, 0.25) is 0 Å². The molecule has 1 aromatic carbocycles. The monoisotopic (exact) mass is 409 g/mol. The molecule has 1 aliphatic rings. The lowest BCUT2D eigenvalue weighted by atomic mass is 10.0. The molecule has 1 amide bonds. The van der Waals surface area contributed by atoms with Crippen molar-refractivity contribution in [3.8, 4) is 5.75 Å². The summed E-state index contributed by atoms with van der Waals surface area (Å²) in [4.78, 5) is 19.7. The fourth-order valence-corrected chi connectivity index (χ4v) is 3.84.